The number of anilines is 1. The van der Waals surface area contributed by atoms with Crippen molar-refractivity contribution in [3.8, 4) is 17.2 Å². The number of ether oxygens (including phenoxy) is 1. The molecular weight excluding hydrogens is 324 g/mol. The Hall–Kier alpha value is -3.42. The molecule has 1 aromatic carbocycles. The largest absolute Gasteiger partial charge is 0.495 e. The van der Waals surface area contributed by atoms with Crippen molar-refractivity contribution >= 4 is 11.6 Å². The number of carbonyl (C=O) groups is 1. The van der Waals surface area contributed by atoms with Crippen LogP contribution in [-0.2, 0) is 7.05 Å². The molecule has 0 unspecified atom stereocenters. The van der Waals surface area contributed by atoms with E-state index >= 15 is 0 Å². The molecule has 128 valence electrons. The zero-order valence-corrected chi connectivity index (χ0v) is 13.9. The van der Waals surface area contributed by atoms with Gasteiger partial charge in [0.15, 0.2) is 0 Å². The van der Waals surface area contributed by atoms with E-state index in [1.54, 1.807) is 32.2 Å². The molecule has 8 nitrogen and oxygen atoms in total. The molecule has 0 aliphatic heterocycles. The summed E-state index contributed by atoms with van der Waals surface area (Å²) < 4.78 is 12.0. The topological polar surface area (TPSA) is 99.2 Å². The first-order valence-corrected chi connectivity index (χ1v) is 7.44. The lowest BCUT2D eigenvalue weighted by Crippen LogP contribution is -2.19. The van der Waals surface area contributed by atoms with Crippen LogP contribution in [0, 0.1) is 6.92 Å². The van der Waals surface area contributed by atoms with Crippen molar-refractivity contribution in [2.75, 3.05) is 12.4 Å². The lowest BCUT2D eigenvalue weighted by molar-refractivity contribution is 0.102. The average Bonchev–Trinajstić information content (AvgIpc) is 3.03. The number of pyridine rings is 1. The highest BCUT2D eigenvalue weighted by Gasteiger charge is 2.14. The highest BCUT2D eigenvalue weighted by Crippen LogP contribution is 2.30. The standard InChI is InChI=1S/C17H16N4O4/c1-10-19-20-17(25-10)11-4-6-14(24-3)13(8-11)18-16(23)12-5-7-15(22)21(2)9-12/h4-9H,1-3H3,(H,18,23). The van der Waals surface area contributed by atoms with E-state index in [1.807, 2.05) is 0 Å². The highest BCUT2D eigenvalue weighted by molar-refractivity contribution is 6.05. The van der Waals surface area contributed by atoms with Crippen molar-refractivity contribution in [1.29, 1.82) is 0 Å². The van der Waals surface area contributed by atoms with Gasteiger partial charge >= 0.3 is 0 Å². The predicted molar refractivity (Wildman–Crippen MR) is 90.7 cm³/mol. The molecule has 8 heteroatoms. The second kappa shape index (κ2) is 6.60. The average molecular weight is 340 g/mol. The van der Waals surface area contributed by atoms with Crippen LogP contribution in [0.4, 0.5) is 5.69 Å². The first-order valence-electron chi connectivity index (χ1n) is 7.44. The summed E-state index contributed by atoms with van der Waals surface area (Å²) >= 11 is 0. The van der Waals surface area contributed by atoms with Crippen molar-refractivity contribution in [3.05, 3.63) is 58.3 Å². The third kappa shape index (κ3) is 3.42. The lowest BCUT2D eigenvalue weighted by Gasteiger charge is -2.11. The summed E-state index contributed by atoms with van der Waals surface area (Å²) in [5, 5.41) is 10.5. The summed E-state index contributed by atoms with van der Waals surface area (Å²) in [5.74, 6) is 0.908. The van der Waals surface area contributed by atoms with Crippen LogP contribution in [0.5, 0.6) is 5.75 Å². The van der Waals surface area contributed by atoms with Crippen molar-refractivity contribution in [2.24, 2.45) is 7.05 Å². The van der Waals surface area contributed by atoms with Gasteiger partial charge in [0.05, 0.1) is 18.4 Å². The Labute approximate surface area is 143 Å². The van der Waals surface area contributed by atoms with Gasteiger partial charge in [-0.2, -0.15) is 0 Å². The Balaban J connectivity index is 1.93. The maximum absolute atomic E-state index is 12.5. The number of benzene rings is 1. The fraction of sp³-hybridized carbons (Fsp3) is 0.176. The molecule has 0 atom stereocenters. The fourth-order valence-electron chi connectivity index (χ4n) is 2.27. The van der Waals surface area contributed by atoms with E-state index in [-0.39, 0.29) is 11.5 Å². The number of nitrogens with one attached hydrogen (secondary N) is 1. The molecular formula is C17H16N4O4. The first kappa shape index (κ1) is 16.4. The maximum Gasteiger partial charge on any atom is 0.257 e. The first-order chi connectivity index (χ1) is 12.0. The Morgan fingerprint density at radius 1 is 1.24 bits per heavy atom. The summed E-state index contributed by atoms with van der Waals surface area (Å²) in [6.45, 7) is 1.70. The van der Waals surface area contributed by atoms with Gasteiger partial charge in [0.25, 0.3) is 5.91 Å². The van der Waals surface area contributed by atoms with Gasteiger partial charge in [-0.05, 0) is 24.3 Å². The molecule has 3 rings (SSSR count). The van der Waals surface area contributed by atoms with Crippen LogP contribution in [0.1, 0.15) is 16.2 Å². The quantitative estimate of drug-likeness (QED) is 0.780. The smallest absolute Gasteiger partial charge is 0.257 e. The lowest BCUT2D eigenvalue weighted by atomic mass is 10.1. The minimum Gasteiger partial charge on any atom is -0.495 e. The Bertz CT molecular complexity index is 990. The van der Waals surface area contributed by atoms with Crippen LogP contribution >= 0.6 is 0 Å². The molecule has 25 heavy (non-hydrogen) atoms. The summed E-state index contributed by atoms with van der Waals surface area (Å²) in [6, 6.07) is 7.95. The summed E-state index contributed by atoms with van der Waals surface area (Å²) in [7, 11) is 3.09. The van der Waals surface area contributed by atoms with Crippen LogP contribution < -0.4 is 15.6 Å². The number of nitrogens with zero attached hydrogens (tertiary/aromatic N) is 3. The number of amides is 1. The van der Waals surface area contributed by atoms with Crippen molar-refractivity contribution in [1.82, 2.24) is 14.8 Å². The van der Waals surface area contributed by atoms with Gasteiger partial charge < -0.3 is 19.0 Å². The van der Waals surface area contributed by atoms with Gasteiger partial charge in [0.2, 0.25) is 17.3 Å². The van der Waals surface area contributed by atoms with Crippen LogP contribution in [0.25, 0.3) is 11.5 Å². The summed E-state index contributed by atoms with van der Waals surface area (Å²) in [5.41, 5.74) is 1.26. The Morgan fingerprint density at radius 2 is 2.04 bits per heavy atom. The molecule has 2 heterocycles. The second-order valence-electron chi connectivity index (χ2n) is 5.36. The van der Waals surface area contributed by atoms with E-state index in [4.69, 9.17) is 9.15 Å². The molecule has 0 aliphatic rings. The van der Waals surface area contributed by atoms with Gasteiger partial charge in [0.1, 0.15) is 5.75 Å². The molecule has 0 saturated heterocycles. The monoisotopic (exact) mass is 340 g/mol. The molecule has 0 fully saturated rings. The molecule has 0 saturated carbocycles. The third-order valence-corrected chi connectivity index (χ3v) is 3.57. The second-order valence-corrected chi connectivity index (χ2v) is 5.36. The minimum atomic E-state index is -0.368. The molecule has 0 bridgehead atoms. The predicted octanol–water partition coefficient (Wildman–Crippen LogP) is 2.00. The molecule has 3 aromatic rings. The van der Waals surface area contributed by atoms with Crippen molar-refractivity contribution in [2.45, 2.75) is 6.92 Å². The van der Waals surface area contributed by atoms with Gasteiger partial charge in [-0.15, -0.1) is 10.2 Å². The third-order valence-electron chi connectivity index (χ3n) is 3.57. The minimum absolute atomic E-state index is 0.192. The molecule has 1 N–H and O–H groups in total. The normalized spacial score (nSPS) is 10.5. The number of carbonyl (C=O) groups excluding carboxylic acids is 1. The van der Waals surface area contributed by atoms with E-state index < -0.39 is 0 Å². The molecule has 0 aliphatic carbocycles. The van der Waals surface area contributed by atoms with Gasteiger partial charge in [-0.25, -0.2) is 0 Å². The van der Waals surface area contributed by atoms with Gasteiger partial charge in [-0.3, -0.25) is 9.59 Å². The zero-order valence-electron chi connectivity index (χ0n) is 13.9. The summed E-state index contributed by atoms with van der Waals surface area (Å²) in [4.78, 5) is 23.9. The number of hydrogen-bond donors (Lipinski definition) is 1. The number of methoxy groups -OCH3 is 1. The van der Waals surface area contributed by atoms with E-state index in [0.29, 0.717) is 34.3 Å². The van der Waals surface area contributed by atoms with E-state index in [2.05, 4.69) is 15.5 Å². The summed E-state index contributed by atoms with van der Waals surface area (Å²) in [6.07, 6.45) is 1.47. The van der Waals surface area contributed by atoms with Crippen molar-refractivity contribution < 1.29 is 13.9 Å². The van der Waals surface area contributed by atoms with Gasteiger partial charge in [0, 0.05) is 31.8 Å². The number of hydrogen-bond acceptors (Lipinski definition) is 6. The highest BCUT2D eigenvalue weighted by atomic mass is 16.5. The van der Waals surface area contributed by atoms with E-state index in [1.165, 1.54) is 30.0 Å². The number of aromatic nitrogens is 3. The van der Waals surface area contributed by atoms with Crippen molar-refractivity contribution in [3.63, 3.8) is 0 Å². The van der Waals surface area contributed by atoms with Crippen LogP contribution in [-0.4, -0.2) is 27.8 Å². The number of rotatable bonds is 4. The molecule has 0 radical (unpaired) electrons. The molecule has 0 spiro atoms. The molecule has 2 aromatic heterocycles. The SMILES string of the molecule is COc1ccc(-c2nnc(C)o2)cc1NC(=O)c1ccc(=O)n(C)c1. The van der Waals surface area contributed by atoms with Crippen LogP contribution in [0.3, 0.4) is 0 Å². The van der Waals surface area contributed by atoms with Gasteiger partial charge in [-0.1, -0.05) is 0 Å². The number of aryl methyl sites for hydroxylation is 2. The Morgan fingerprint density at radius 3 is 2.68 bits per heavy atom. The fourth-order valence-corrected chi connectivity index (χ4v) is 2.27. The van der Waals surface area contributed by atoms with E-state index in [9.17, 15) is 9.59 Å². The van der Waals surface area contributed by atoms with Crippen LogP contribution in [0.15, 0.2) is 45.7 Å². The molecule has 1 amide bonds. The van der Waals surface area contributed by atoms with Crippen LogP contribution in [0.2, 0.25) is 0 Å². The zero-order chi connectivity index (χ0) is 18.0. The maximum atomic E-state index is 12.5. The van der Waals surface area contributed by atoms with E-state index in [0.717, 1.165) is 0 Å². The Kier molecular flexibility index (Phi) is 4.34.